The lowest BCUT2D eigenvalue weighted by Gasteiger charge is -2.15. The largest absolute Gasteiger partial charge is 0.478 e. The maximum atomic E-state index is 14.1. The first-order valence-corrected chi connectivity index (χ1v) is 13.3. The zero-order chi connectivity index (χ0) is 29.4. The van der Waals surface area contributed by atoms with Crippen molar-refractivity contribution in [1.82, 2.24) is 14.9 Å². The van der Waals surface area contributed by atoms with Gasteiger partial charge in [-0.3, -0.25) is 4.79 Å². The number of pyridine rings is 1. The molecule has 0 saturated carbocycles. The number of benzene rings is 4. The van der Waals surface area contributed by atoms with Gasteiger partial charge in [0.05, 0.1) is 22.8 Å². The van der Waals surface area contributed by atoms with E-state index in [-0.39, 0.29) is 23.9 Å². The highest BCUT2D eigenvalue weighted by atomic mass is 19.2. The Morgan fingerprint density at radius 1 is 0.881 bits per heavy atom. The van der Waals surface area contributed by atoms with Crippen LogP contribution in [0.3, 0.4) is 0 Å². The quantitative estimate of drug-likeness (QED) is 0.216. The number of amides is 1. The molecule has 6 rings (SSSR count). The number of nitrogens with one attached hydrogen (secondary N) is 1. The molecule has 4 aromatic carbocycles. The van der Waals surface area contributed by atoms with E-state index in [9.17, 15) is 18.4 Å². The molecule has 2 aromatic heterocycles. The van der Waals surface area contributed by atoms with Crippen molar-refractivity contribution in [2.75, 3.05) is 0 Å². The average molecular weight is 562 g/mol. The van der Waals surface area contributed by atoms with Crippen molar-refractivity contribution in [3.8, 4) is 11.1 Å². The zero-order valence-corrected chi connectivity index (χ0v) is 22.5. The summed E-state index contributed by atoms with van der Waals surface area (Å²) in [5, 5.41) is 18.9. The van der Waals surface area contributed by atoms with Gasteiger partial charge in [-0.2, -0.15) is 5.10 Å². The predicted molar refractivity (Wildman–Crippen MR) is 157 cm³/mol. The van der Waals surface area contributed by atoms with E-state index in [0.29, 0.717) is 22.2 Å². The van der Waals surface area contributed by atoms with E-state index in [1.165, 1.54) is 18.2 Å². The van der Waals surface area contributed by atoms with Crippen LogP contribution < -0.4 is 5.32 Å². The maximum Gasteiger partial charge on any atom is 0.335 e. The predicted octanol–water partition coefficient (Wildman–Crippen LogP) is 7.21. The van der Waals surface area contributed by atoms with Gasteiger partial charge in [0.25, 0.3) is 5.91 Å². The van der Waals surface area contributed by atoms with Crippen molar-refractivity contribution < 1.29 is 23.5 Å². The summed E-state index contributed by atoms with van der Waals surface area (Å²) in [6, 6.07) is 25.8. The highest BCUT2D eigenvalue weighted by Gasteiger charge is 2.22. The third-order valence-electron chi connectivity index (χ3n) is 7.53. The number of fused-ring (bicyclic) bond motifs is 2. The zero-order valence-electron chi connectivity index (χ0n) is 22.5. The Kier molecular flexibility index (Phi) is 6.96. The summed E-state index contributed by atoms with van der Waals surface area (Å²) in [6.45, 7) is 2.21. The average Bonchev–Trinajstić information content (AvgIpc) is 3.44. The lowest BCUT2D eigenvalue weighted by Crippen LogP contribution is -2.24. The van der Waals surface area contributed by atoms with Gasteiger partial charge in [-0.15, -0.1) is 0 Å². The first-order valence-electron chi connectivity index (χ1n) is 13.3. The third kappa shape index (κ3) is 5.10. The second kappa shape index (κ2) is 10.9. The minimum absolute atomic E-state index is 0.115. The van der Waals surface area contributed by atoms with E-state index >= 15 is 0 Å². The number of halogens is 2. The lowest BCUT2D eigenvalue weighted by atomic mass is 9.91. The molecule has 0 fully saturated rings. The first-order chi connectivity index (χ1) is 20.3. The SMILES string of the molecule is C[C@H](c1ccc2ccccc2c1)c1cnn2cc(-c3ccc(F)c(F)c3)cc(C(=O)NCc3ccc(C(=O)O)cc3)c12. The first kappa shape index (κ1) is 26.8. The smallest absolute Gasteiger partial charge is 0.335 e. The van der Waals surface area contributed by atoms with Crippen molar-refractivity contribution in [3.63, 3.8) is 0 Å². The summed E-state index contributed by atoms with van der Waals surface area (Å²) in [4.78, 5) is 24.9. The Morgan fingerprint density at radius 3 is 2.38 bits per heavy atom. The molecular formula is C34H25F2N3O3. The molecule has 0 radical (unpaired) electrons. The normalized spacial score (nSPS) is 12.0. The Bertz CT molecular complexity index is 1980. The van der Waals surface area contributed by atoms with Crippen molar-refractivity contribution in [2.24, 2.45) is 0 Å². The summed E-state index contributed by atoms with van der Waals surface area (Å²) >= 11 is 0. The van der Waals surface area contributed by atoms with Gasteiger partial charge in [0, 0.05) is 29.8 Å². The molecule has 1 atom stereocenters. The number of rotatable bonds is 7. The van der Waals surface area contributed by atoms with E-state index in [2.05, 4.69) is 47.7 Å². The van der Waals surface area contributed by atoms with E-state index in [4.69, 9.17) is 5.11 Å². The molecule has 8 heteroatoms. The molecule has 42 heavy (non-hydrogen) atoms. The van der Waals surface area contributed by atoms with Crippen LogP contribution >= 0.6 is 0 Å². The van der Waals surface area contributed by atoms with E-state index < -0.39 is 17.6 Å². The molecule has 6 nitrogen and oxygen atoms in total. The van der Waals surface area contributed by atoms with Crippen LogP contribution in [0.2, 0.25) is 0 Å². The topological polar surface area (TPSA) is 83.7 Å². The number of carbonyl (C=O) groups excluding carboxylic acids is 1. The number of carboxylic acids is 1. The number of hydrogen-bond donors (Lipinski definition) is 2. The van der Waals surface area contributed by atoms with Gasteiger partial charge in [-0.05, 0) is 57.8 Å². The molecule has 0 aliphatic rings. The van der Waals surface area contributed by atoms with Crippen molar-refractivity contribution in [3.05, 3.63) is 143 Å². The molecule has 0 saturated heterocycles. The Balaban J connectivity index is 1.42. The number of nitrogens with zero attached hydrogens (tertiary/aromatic N) is 2. The van der Waals surface area contributed by atoms with Crippen LogP contribution in [-0.4, -0.2) is 26.6 Å². The number of aromatic nitrogens is 2. The van der Waals surface area contributed by atoms with Gasteiger partial charge in [0.1, 0.15) is 0 Å². The van der Waals surface area contributed by atoms with Crippen LogP contribution in [0.15, 0.2) is 103 Å². The van der Waals surface area contributed by atoms with Crippen LogP contribution in [0, 0.1) is 11.6 Å². The summed E-state index contributed by atoms with van der Waals surface area (Å²) in [7, 11) is 0. The standard InChI is InChI=1S/C34H25F2N3O3/c1-20(24-11-10-22-4-2-3-5-25(22)14-24)29-18-38-39-19-27(26-12-13-30(35)31(36)16-26)15-28(32(29)39)33(40)37-17-21-6-8-23(9-7-21)34(41)42/h2-16,18-20H,17H2,1H3,(H,37,40)(H,41,42)/t20-/m1/s1. The fraction of sp³-hybridized carbons (Fsp3) is 0.0882. The van der Waals surface area contributed by atoms with Crippen LogP contribution in [0.4, 0.5) is 8.78 Å². The van der Waals surface area contributed by atoms with Crippen LogP contribution in [-0.2, 0) is 6.54 Å². The molecule has 0 unspecified atom stereocenters. The van der Waals surface area contributed by atoms with Gasteiger partial charge in [0.15, 0.2) is 11.6 Å². The van der Waals surface area contributed by atoms with Crippen LogP contribution in [0.5, 0.6) is 0 Å². The molecule has 2 N–H and O–H groups in total. The monoisotopic (exact) mass is 561 g/mol. The molecule has 0 bridgehead atoms. The van der Waals surface area contributed by atoms with Crippen molar-refractivity contribution in [1.29, 1.82) is 0 Å². The van der Waals surface area contributed by atoms with Crippen molar-refractivity contribution >= 4 is 28.2 Å². The van der Waals surface area contributed by atoms with Crippen LogP contribution in [0.25, 0.3) is 27.4 Å². The van der Waals surface area contributed by atoms with E-state index in [1.807, 2.05) is 12.1 Å². The third-order valence-corrected chi connectivity index (χ3v) is 7.53. The second-order valence-electron chi connectivity index (χ2n) is 10.2. The summed E-state index contributed by atoms with van der Waals surface area (Å²) in [6.07, 6.45) is 3.42. The summed E-state index contributed by atoms with van der Waals surface area (Å²) < 4.78 is 29.4. The number of carbonyl (C=O) groups is 2. The Labute approximate surface area is 239 Å². The Hall–Kier alpha value is -5.37. The molecule has 2 heterocycles. The molecule has 0 aliphatic heterocycles. The molecule has 6 aromatic rings. The number of carboxylic acid groups (broad SMARTS) is 1. The van der Waals surface area contributed by atoms with Gasteiger partial charge in [0.2, 0.25) is 0 Å². The Morgan fingerprint density at radius 2 is 1.64 bits per heavy atom. The number of aromatic carboxylic acids is 1. The minimum atomic E-state index is -1.03. The van der Waals surface area contributed by atoms with Gasteiger partial charge < -0.3 is 10.4 Å². The van der Waals surface area contributed by atoms with E-state index in [1.54, 1.807) is 35.1 Å². The van der Waals surface area contributed by atoms with Gasteiger partial charge in [-0.1, -0.05) is 67.6 Å². The van der Waals surface area contributed by atoms with E-state index in [0.717, 1.165) is 39.6 Å². The number of hydrogen-bond acceptors (Lipinski definition) is 3. The van der Waals surface area contributed by atoms with Crippen molar-refractivity contribution in [2.45, 2.75) is 19.4 Å². The maximum absolute atomic E-state index is 14.1. The molecular weight excluding hydrogens is 536 g/mol. The van der Waals surface area contributed by atoms with Gasteiger partial charge in [-0.25, -0.2) is 18.1 Å². The molecule has 208 valence electrons. The summed E-state index contributed by atoms with van der Waals surface area (Å²) in [5.74, 6) is -3.49. The fourth-order valence-corrected chi connectivity index (χ4v) is 5.17. The fourth-order valence-electron chi connectivity index (χ4n) is 5.17. The highest BCUT2D eigenvalue weighted by Crippen LogP contribution is 2.33. The molecule has 1 amide bonds. The van der Waals surface area contributed by atoms with Crippen LogP contribution in [0.1, 0.15) is 50.2 Å². The second-order valence-corrected chi connectivity index (χ2v) is 10.2. The highest BCUT2D eigenvalue weighted by molar-refractivity contribution is 6.03. The summed E-state index contributed by atoms with van der Waals surface area (Å²) in [5.41, 5.74) is 4.56. The molecule has 0 spiro atoms. The van der Waals surface area contributed by atoms with Gasteiger partial charge >= 0.3 is 5.97 Å². The lowest BCUT2D eigenvalue weighted by molar-refractivity contribution is 0.0696. The molecule has 0 aliphatic carbocycles. The minimum Gasteiger partial charge on any atom is -0.478 e.